The lowest BCUT2D eigenvalue weighted by Crippen LogP contribution is -2.33. The molecular formula is C24H26N2O3S. The number of hydrogen-bond donors (Lipinski definition) is 2. The molecule has 2 aromatic carbocycles. The normalized spacial score (nSPS) is 11.7. The lowest BCUT2D eigenvalue weighted by molar-refractivity contribution is -0.118. The molecule has 0 radical (unpaired) electrons. The van der Waals surface area contributed by atoms with Crippen LogP contribution >= 0.6 is 11.3 Å². The van der Waals surface area contributed by atoms with E-state index < -0.39 is 12.0 Å². The van der Waals surface area contributed by atoms with Gasteiger partial charge in [0.25, 0.3) is 0 Å². The van der Waals surface area contributed by atoms with Crippen molar-refractivity contribution in [1.29, 1.82) is 0 Å². The van der Waals surface area contributed by atoms with Gasteiger partial charge in [0.1, 0.15) is 16.6 Å². The Morgan fingerprint density at radius 1 is 1.00 bits per heavy atom. The average molecular weight is 423 g/mol. The number of thiophene rings is 1. The van der Waals surface area contributed by atoms with Gasteiger partial charge in [-0.05, 0) is 31.0 Å². The number of benzene rings is 2. The summed E-state index contributed by atoms with van der Waals surface area (Å²) in [5.41, 5.74) is 2.93. The molecule has 1 atom stereocenters. The Kier molecular flexibility index (Phi) is 7.76. The van der Waals surface area contributed by atoms with Crippen LogP contribution in [0.3, 0.4) is 0 Å². The highest BCUT2D eigenvalue weighted by Crippen LogP contribution is 2.36. The van der Waals surface area contributed by atoms with E-state index in [9.17, 15) is 9.59 Å². The van der Waals surface area contributed by atoms with Gasteiger partial charge >= 0.3 is 5.97 Å². The van der Waals surface area contributed by atoms with Gasteiger partial charge < -0.3 is 15.4 Å². The molecule has 6 heteroatoms. The third-order valence-corrected chi connectivity index (χ3v) is 5.48. The summed E-state index contributed by atoms with van der Waals surface area (Å²) in [6.45, 7) is 4.79. The van der Waals surface area contributed by atoms with Gasteiger partial charge in [-0.15, -0.1) is 11.3 Å². The first kappa shape index (κ1) is 21.7. The lowest BCUT2D eigenvalue weighted by atomic mass is 10.0. The zero-order chi connectivity index (χ0) is 21.3. The van der Waals surface area contributed by atoms with E-state index in [1.165, 1.54) is 11.3 Å². The first-order valence-corrected chi connectivity index (χ1v) is 11.0. The van der Waals surface area contributed by atoms with Crippen LogP contribution in [0.5, 0.6) is 0 Å². The summed E-state index contributed by atoms with van der Waals surface area (Å²) in [7, 11) is 0. The number of carbonyl (C=O) groups excluding carboxylic acids is 2. The molecule has 0 aliphatic heterocycles. The molecule has 0 aliphatic rings. The van der Waals surface area contributed by atoms with E-state index in [2.05, 4.69) is 17.6 Å². The molecule has 0 aliphatic carbocycles. The van der Waals surface area contributed by atoms with Gasteiger partial charge in [-0.1, -0.05) is 67.6 Å². The molecule has 5 nitrogen and oxygen atoms in total. The second-order valence-corrected chi connectivity index (χ2v) is 7.61. The quantitative estimate of drug-likeness (QED) is 0.461. The van der Waals surface area contributed by atoms with Crippen molar-refractivity contribution in [2.75, 3.05) is 18.5 Å². The summed E-state index contributed by atoms with van der Waals surface area (Å²) in [6, 6.07) is 18.7. The minimum Gasteiger partial charge on any atom is -0.462 e. The largest absolute Gasteiger partial charge is 0.462 e. The second kappa shape index (κ2) is 10.7. The Morgan fingerprint density at radius 3 is 2.30 bits per heavy atom. The third-order valence-electron chi connectivity index (χ3n) is 4.59. The van der Waals surface area contributed by atoms with Crippen LogP contribution in [-0.4, -0.2) is 25.0 Å². The van der Waals surface area contributed by atoms with Gasteiger partial charge in [0.15, 0.2) is 0 Å². The fraction of sp³-hybridized carbons (Fsp3) is 0.250. The maximum atomic E-state index is 13.2. The number of rotatable bonds is 9. The zero-order valence-electron chi connectivity index (χ0n) is 17.2. The second-order valence-electron chi connectivity index (χ2n) is 6.73. The molecule has 0 bridgehead atoms. The summed E-state index contributed by atoms with van der Waals surface area (Å²) < 4.78 is 5.28. The summed E-state index contributed by atoms with van der Waals surface area (Å²) in [5, 5.41) is 8.64. The molecule has 0 fully saturated rings. The first-order chi connectivity index (χ1) is 14.7. The molecule has 0 saturated carbocycles. The SMILES string of the molecule is CCCN[C@@H](C(=O)Nc1scc(-c2ccccc2)c1C(=O)OCC)c1ccccc1. The Labute approximate surface area is 181 Å². The number of nitrogens with one attached hydrogen (secondary N) is 2. The first-order valence-electron chi connectivity index (χ1n) is 10.1. The number of carbonyl (C=O) groups is 2. The van der Waals surface area contributed by atoms with Gasteiger partial charge in [0.2, 0.25) is 5.91 Å². The Balaban J connectivity index is 1.93. The van der Waals surface area contributed by atoms with Crippen LogP contribution in [0.25, 0.3) is 11.1 Å². The smallest absolute Gasteiger partial charge is 0.341 e. The van der Waals surface area contributed by atoms with Crippen molar-refractivity contribution < 1.29 is 14.3 Å². The van der Waals surface area contributed by atoms with E-state index in [0.29, 0.717) is 17.1 Å². The molecule has 0 unspecified atom stereocenters. The molecule has 2 N–H and O–H groups in total. The lowest BCUT2D eigenvalue weighted by Gasteiger charge is -2.18. The van der Waals surface area contributed by atoms with Gasteiger partial charge in [-0.25, -0.2) is 4.79 Å². The number of ether oxygens (including phenoxy) is 1. The van der Waals surface area contributed by atoms with Crippen molar-refractivity contribution in [2.24, 2.45) is 0 Å². The van der Waals surface area contributed by atoms with Gasteiger partial charge in [-0.2, -0.15) is 0 Å². The van der Waals surface area contributed by atoms with Crippen LogP contribution in [0.2, 0.25) is 0 Å². The van der Waals surface area contributed by atoms with Crippen LogP contribution in [0.4, 0.5) is 5.00 Å². The van der Waals surface area contributed by atoms with E-state index in [1.54, 1.807) is 6.92 Å². The molecule has 3 aromatic rings. The van der Waals surface area contributed by atoms with Crippen molar-refractivity contribution in [3.63, 3.8) is 0 Å². The van der Waals surface area contributed by atoms with Crippen molar-refractivity contribution in [2.45, 2.75) is 26.3 Å². The van der Waals surface area contributed by atoms with Crippen molar-refractivity contribution in [1.82, 2.24) is 5.32 Å². The fourth-order valence-corrected chi connectivity index (χ4v) is 4.13. The highest BCUT2D eigenvalue weighted by atomic mass is 32.1. The number of hydrogen-bond acceptors (Lipinski definition) is 5. The molecule has 30 heavy (non-hydrogen) atoms. The number of anilines is 1. The van der Waals surface area contributed by atoms with Crippen molar-refractivity contribution >= 4 is 28.2 Å². The van der Waals surface area contributed by atoms with E-state index in [-0.39, 0.29) is 12.5 Å². The Bertz CT molecular complexity index is 971. The molecule has 0 saturated heterocycles. The predicted octanol–water partition coefficient (Wildman–Crippen LogP) is 5.27. The number of esters is 1. The fourth-order valence-electron chi connectivity index (χ4n) is 3.17. The molecule has 156 valence electrons. The molecule has 1 heterocycles. The predicted molar refractivity (Wildman–Crippen MR) is 122 cm³/mol. The molecule has 0 spiro atoms. The van der Waals surface area contributed by atoms with E-state index >= 15 is 0 Å². The van der Waals surface area contributed by atoms with E-state index in [4.69, 9.17) is 4.74 Å². The Morgan fingerprint density at radius 2 is 1.67 bits per heavy atom. The van der Waals surface area contributed by atoms with Gasteiger partial charge in [0, 0.05) is 10.9 Å². The standard InChI is InChI=1S/C24H26N2O3S/c1-3-15-25-21(18-13-9-6-10-14-18)22(27)26-23-20(24(28)29-4-2)19(16-30-23)17-11-7-5-8-12-17/h5-14,16,21,25H,3-4,15H2,1-2H3,(H,26,27)/t21-/m1/s1. The topological polar surface area (TPSA) is 67.4 Å². The maximum Gasteiger partial charge on any atom is 0.341 e. The van der Waals surface area contributed by atoms with Crippen LogP contribution in [-0.2, 0) is 9.53 Å². The monoisotopic (exact) mass is 422 g/mol. The Hall–Kier alpha value is -2.96. The van der Waals surface area contributed by atoms with Gasteiger partial charge in [0.05, 0.1) is 6.61 Å². The highest BCUT2D eigenvalue weighted by molar-refractivity contribution is 7.15. The maximum absolute atomic E-state index is 13.2. The van der Waals surface area contributed by atoms with Crippen LogP contribution < -0.4 is 10.6 Å². The van der Waals surface area contributed by atoms with E-state index in [1.807, 2.05) is 66.0 Å². The van der Waals surface area contributed by atoms with Crippen LogP contribution in [0.1, 0.15) is 42.2 Å². The highest BCUT2D eigenvalue weighted by Gasteiger charge is 2.26. The minimum absolute atomic E-state index is 0.207. The van der Waals surface area contributed by atoms with Crippen LogP contribution in [0.15, 0.2) is 66.0 Å². The van der Waals surface area contributed by atoms with E-state index in [0.717, 1.165) is 23.1 Å². The van der Waals surface area contributed by atoms with Crippen molar-refractivity contribution in [3.8, 4) is 11.1 Å². The average Bonchev–Trinajstić information content (AvgIpc) is 3.19. The molecule has 1 amide bonds. The minimum atomic E-state index is -0.511. The van der Waals surface area contributed by atoms with Gasteiger partial charge in [-0.3, -0.25) is 4.79 Å². The van der Waals surface area contributed by atoms with Crippen molar-refractivity contribution in [3.05, 3.63) is 77.2 Å². The molecule has 1 aromatic heterocycles. The summed E-state index contributed by atoms with van der Waals surface area (Å²) in [6.07, 6.45) is 0.905. The molecular weight excluding hydrogens is 396 g/mol. The third kappa shape index (κ3) is 5.14. The summed E-state index contributed by atoms with van der Waals surface area (Å²) >= 11 is 1.33. The van der Waals surface area contributed by atoms with Crippen LogP contribution in [0, 0.1) is 0 Å². The molecule has 3 rings (SSSR count). The number of amides is 1. The summed E-state index contributed by atoms with van der Waals surface area (Å²) in [4.78, 5) is 25.9. The zero-order valence-corrected chi connectivity index (χ0v) is 18.0. The summed E-state index contributed by atoms with van der Waals surface area (Å²) in [5.74, 6) is -0.646.